The minimum Gasteiger partial charge on any atom is -0.0955 e. The second-order valence-electron chi connectivity index (χ2n) is 10.6. The van der Waals surface area contributed by atoms with E-state index in [-0.39, 0.29) is 0 Å². The lowest BCUT2D eigenvalue weighted by molar-refractivity contribution is 0.163. The first-order valence-electron chi connectivity index (χ1n) is 12.4. The molecule has 0 aromatic heterocycles. The van der Waals surface area contributed by atoms with Gasteiger partial charge in [0.15, 0.2) is 0 Å². The van der Waals surface area contributed by atoms with Gasteiger partial charge in [-0.25, -0.2) is 0 Å². The fourth-order valence-electron chi connectivity index (χ4n) is 6.95. The van der Waals surface area contributed by atoms with E-state index in [1.54, 1.807) is 5.57 Å². The quantitative estimate of drug-likeness (QED) is 0.454. The van der Waals surface area contributed by atoms with Gasteiger partial charge in [0.1, 0.15) is 0 Å². The lowest BCUT2D eigenvalue weighted by Gasteiger charge is -2.40. The van der Waals surface area contributed by atoms with Crippen LogP contribution in [0, 0.1) is 41.4 Å². The molecular formula is C27H46. The van der Waals surface area contributed by atoms with Crippen LogP contribution in [0.2, 0.25) is 0 Å². The van der Waals surface area contributed by atoms with E-state index in [1.165, 1.54) is 82.6 Å². The van der Waals surface area contributed by atoms with Crippen molar-refractivity contribution in [3.8, 4) is 0 Å². The molecule has 0 aliphatic heterocycles. The van der Waals surface area contributed by atoms with Gasteiger partial charge in [0.05, 0.1) is 0 Å². The molecule has 154 valence electrons. The van der Waals surface area contributed by atoms with Crippen molar-refractivity contribution in [2.24, 2.45) is 41.4 Å². The number of rotatable bonds is 5. The second-order valence-corrected chi connectivity index (χ2v) is 10.6. The summed E-state index contributed by atoms with van der Waals surface area (Å²) < 4.78 is 0. The maximum Gasteiger partial charge on any atom is -0.0160 e. The van der Waals surface area contributed by atoms with Gasteiger partial charge in [-0.05, 0) is 79.1 Å². The van der Waals surface area contributed by atoms with Crippen LogP contribution in [-0.4, -0.2) is 0 Å². The molecule has 0 aromatic rings. The van der Waals surface area contributed by atoms with Crippen LogP contribution in [0.4, 0.5) is 0 Å². The van der Waals surface area contributed by atoms with Crippen LogP contribution in [-0.2, 0) is 0 Å². The maximum absolute atomic E-state index is 4.54. The molecule has 0 heterocycles. The van der Waals surface area contributed by atoms with Crippen LogP contribution in [0.1, 0.15) is 105 Å². The highest BCUT2D eigenvalue weighted by molar-refractivity contribution is 5.34. The summed E-state index contributed by atoms with van der Waals surface area (Å²) in [7, 11) is 0. The summed E-state index contributed by atoms with van der Waals surface area (Å²) in [6, 6.07) is 0. The summed E-state index contributed by atoms with van der Waals surface area (Å²) in [6.45, 7) is 14.4. The number of hydrogen-bond acceptors (Lipinski definition) is 0. The molecule has 0 heteroatoms. The maximum atomic E-state index is 4.54. The summed E-state index contributed by atoms with van der Waals surface area (Å²) in [4.78, 5) is 0. The summed E-state index contributed by atoms with van der Waals surface area (Å²) in [5.74, 6) is 6.15. The molecule has 27 heavy (non-hydrogen) atoms. The Labute approximate surface area is 170 Å². The van der Waals surface area contributed by atoms with Crippen LogP contribution < -0.4 is 0 Å². The normalized spacial score (nSPS) is 42.4. The molecule has 0 nitrogen and oxygen atoms in total. The van der Waals surface area contributed by atoms with Gasteiger partial charge < -0.3 is 0 Å². The molecule has 3 fully saturated rings. The predicted octanol–water partition coefficient (Wildman–Crippen LogP) is 8.58. The third-order valence-corrected chi connectivity index (χ3v) is 8.72. The molecule has 0 amide bonds. The van der Waals surface area contributed by atoms with Gasteiger partial charge in [-0.2, -0.15) is 0 Å². The first-order valence-corrected chi connectivity index (χ1v) is 12.4. The van der Waals surface area contributed by atoms with Crippen LogP contribution in [0.5, 0.6) is 0 Å². The van der Waals surface area contributed by atoms with E-state index in [0.29, 0.717) is 0 Å². The van der Waals surface area contributed by atoms with Crippen LogP contribution in [0.15, 0.2) is 23.8 Å². The Kier molecular flexibility index (Phi) is 7.69. The largest absolute Gasteiger partial charge is 0.0955 e. The molecule has 0 aromatic carbocycles. The van der Waals surface area contributed by atoms with E-state index in [4.69, 9.17) is 0 Å². The molecule has 0 bridgehead atoms. The minimum atomic E-state index is 0.720. The van der Waals surface area contributed by atoms with Crippen molar-refractivity contribution in [3.63, 3.8) is 0 Å². The molecule has 7 unspecified atom stereocenters. The molecule has 0 radical (unpaired) electrons. The minimum absolute atomic E-state index is 0.720. The Morgan fingerprint density at radius 3 is 2.26 bits per heavy atom. The highest BCUT2D eigenvalue weighted by atomic mass is 14.4. The van der Waals surface area contributed by atoms with Gasteiger partial charge in [-0.1, -0.05) is 90.9 Å². The van der Waals surface area contributed by atoms with E-state index in [9.17, 15) is 0 Å². The molecular weight excluding hydrogens is 324 g/mol. The second kappa shape index (κ2) is 9.80. The van der Waals surface area contributed by atoms with E-state index < -0.39 is 0 Å². The topological polar surface area (TPSA) is 0 Å². The fourth-order valence-corrected chi connectivity index (χ4v) is 6.95. The molecule has 0 saturated heterocycles. The predicted molar refractivity (Wildman–Crippen MR) is 120 cm³/mol. The Morgan fingerprint density at radius 1 is 0.889 bits per heavy atom. The standard InChI is InChI=1S/C27H46/c1-6-11-26-20(3)16-21(4)27(22(26)5)18-25-15-10-9-14-24(25)17-23-13-8-7-12-19(23)2/h18-20,22-26H,4,6-17H2,1-3,5H3/b27-18+. The average molecular weight is 371 g/mol. The molecule has 3 saturated carbocycles. The molecule has 0 spiro atoms. The zero-order valence-electron chi connectivity index (χ0n) is 18.8. The third-order valence-electron chi connectivity index (χ3n) is 8.72. The van der Waals surface area contributed by atoms with Crippen molar-refractivity contribution >= 4 is 0 Å². The van der Waals surface area contributed by atoms with E-state index in [1.807, 2.05) is 0 Å². The fraction of sp³-hybridized carbons (Fsp3) is 0.852. The van der Waals surface area contributed by atoms with E-state index >= 15 is 0 Å². The van der Waals surface area contributed by atoms with Crippen molar-refractivity contribution in [2.75, 3.05) is 0 Å². The third kappa shape index (κ3) is 5.10. The number of hydrogen-bond donors (Lipinski definition) is 0. The lowest BCUT2D eigenvalue weighted by atomic mass is 9.65. The Bertz CT molecular complexity index is 512. The van der Waals surface area contributed by atoms with Gasteiger partial charge >= 0.3 is 0 Å². The summed E-state index contributed by atoms with van der Waals surface area (Å²) in [5, 5.41) is 0. The Balaban J connectivity index is 1.74. The Hall–Kier alpha value is -0.520. The number of allylic oxidation sites excluding steroid dienone is 3. The SMILES string of the molecule is C=C1CC(C)C(CCC)C(C)/C1=C/C1CCCCC1CC1CCCCC1C. The van der Waals surface area contributed by atoms with Crippen molar-refractivity contribution in [1.29, 1.82) is 0 Å². The first-order chi connectivity index (χ1) is 13.0. The molecule has 7 atom stereocenters. The summed E-state index contributed by atoms with van der Waals surface area (Å²) in [6.07, 6.45) is 20.0. The first kappa shape index (κ1) is 21.2. The van der Waals surface area contributed by atoms with E-state index in [2.05, 4.69) is 40.3 Å². The van der Waals surface area contributed by atoms with Gasteiger partial charge in [-0.15, -0.1) is 0 Å². The van der Waals surface area contributed by atoms with Gasteiger partial charge in [0, 0.05) is 0 Å². The van der Waals surface area contributed by atoms with Crippen LogP contribution in [0.25, 0.3) is 0 Å². The summed E-state index contributed by atoms with van der Waals surface area (Å²) in [5.41, 5.74) is 3.14. The average Bonchev–Trinajstić information content (AvgIpc) is 2.65. The van der Waals surface area contributed by atoms with Gasteiger partial charge in [0.25, 0.3) is 0 Å². The van der Waals surface area contributed by atoms with Gasteiger partial charge in [-0.3, -0.25) is 0 Å². The lowest BCUT2D eigenvalue weighted by Crippen LogP contribution is -2.30. The van der Waals surface area contributed by atoms with Crippen molar-refractivity contribution in [2.45, 2.75) is 105 Å². The smallest absolute Gasteiger partial charge is 0.0160 e. The highest BCUT2D eigenvalue weighted by Gasteiger charge is 2.35. The molecule has 3 aliphatic rings. The van der Waals surface area contributed by atoms with Gasteiger partial charge in [0.2, 0.25) is 0 Å². The zero-order valence-corrected chi connectivity index (χ0v) is 18.8. The van der Waals surface area contributed by atoms with Crippen molar-refractivity contribution in [1.82, 2.24) is 0 Å². The monoisotopic (exact) mass is 370 g/mol. The molecule has 3 rings (SSSR count). The van der Waals surface area contributed by atoms with Crippen LogP contribution in [0.3, 0.4) is 0 Å². The highest BCUT2D eigenvalue weighted by Crippen LogP contribution is 2.46. The zero-order chi connectivity index (χ0) is 19.4. The van der Waals surface area contributed by atoms with E-state index in [0.717, 1.165) is 41.4 Å². The summed E-state index contributed by atoms with van der Waals surface area (Å²) >= 11 is 0. The molecule has 0 N–H and O–H groups in total. The van der Waals surface area contributed by atoms with Crippen molar-refractivity contribution < 1.29 is 0 Å². The Morgan fingerprint density at radius 2 is 1.56 bits per heavy atom. The molecule has 3 aliphatic carbocycles. The van der Waals surface area contributed by atoms with Crippen molar-refractivity contribution in [3.05, 3.63) is 23.8 Å². The van der Waals surface area contributed by atoms with Crippen LogP contribution >= 0.6 is 0 Å².